The molecule has 2 N–H and O–H groups in total. The molecule has 0 aliphatic heterocycles. The quantitative estimate of drug-likeness (QED) is 0.594. The predicted octanol–water partition coefficient (Wildman–Crippen LogP) is 0.608. The Hall–Kier alpha value is -0.220. The van der Waals surface area contributed by atoms with Gasteiger partial charge in [0.2, 0.25) is 5.91 Å². The monoisotopic (exact) mass is 202 g/mol. The molecule has 0 radical (unpaired) electrons. The van der Waals surface area contributed by atoms with Crippen molar-refractivity contribution in [1.29, 1.82) is 0 Å². The maximum Gasteiger partial charge on any atom is 0.234 e. The topological polar surface area (TPSA) is 41.1 Å². The number of amides is 1. The van der Waals surface area contributed by atoms with E-state index in [4.69, 9.17) is 0 Å². The summed E-state index contributed by atoms with van der Waals surface area (Å²) in [7, 11) is 0. The maximum atomic E-state index is 11.1. The first-order valence-corrected chi connectivity index (χ1v) is 6.21. The highest BCUT2D eigenvalue weighted by Gasteiger charge is 2.22. The van der Waals surface area contributed by atoms with Gasteiger partial charge >= 0.3 is 0 Å². The fourth-order valence-corrected chi connectivity index (χ4v) is 1.48. The first kappa shape index (κ1) is 10.9. The fourth-order valence-electron chi connectivity index (χ4n) is 1.05. The van der Waals surface area contributed by atoms with Crippen LogP contribution in [0.2, 0.25) is 0 Å². The van der Waals surface area contributed by atoms with Crippen molar-refractivity contribution in [2.45, 2.75) is 25.3 Å². The Morgan fingerprint density at radius 1 is 1.54 bits per heavy atom. The number of carbonyl (C=O) groups excluding carboxylic acids is 1. The highest BCUT2D eigenvalue weighted by molar-refractivity contribution is 7.98. The fraction of sp³-hybridized carbons (Fsp3) is 0.889. The third kappa shape index (κ3) is 5.93. The largest absolute Gasteiger partial charge is 0.352 e. The molecule has 0 aromatic heterocycles. The van der Waals surface area contributed by atoms with Crippen LogP contribution in [0.15, 0.2) is 0 Å². The van der Waals surface area contributed by atoms with E-state index in [1.165, 1.54) is 0 Å². The molecule has 13 heavy (non-hydrogen) atoms. The summed E-state index contributed by atoms with van der Waals surface area (Å²) in [5, 5.41) is 6.07. The molecule has 0 atom stereocenters. The minimum atomic E-state index is 0.145. The van der Waals surface area contributed by atoms with Gasteiger partial charge in [0.15, 0.2) is 0 Å². The van der Waals surface area contributed by atoms with Crippen LogP contribution in [0.25, 0.3) is 0 Å². The molecule has 0 spiro atoms. The smallest absolute Gasteiger partial charge is 0.234 e. The third-order valence-corrected chi connectivity index (χ3v) is 2.63. The number of rotatable bonds is 7. The molecule has 0 bridgehead atoms. The third-order valence-electron chi connectivity index (χ3n) is 1.93. The van der Waals surface area contributed by atoms with Gasteiger partial charge in [-0.25, -0.2) is 0 Å². The van der Waals surface area contributed by atoms with Gasteiger partial charge in [-0.05, 0) is 37.8 Å². The average Bonchev–Trinajstić information content (AvgIpc) is 2.88. The summed E-state index contributed by atoms with van der Waals surface area (Å²) in [6.07, 6.45) is 5.56. The Balaban J connectivity index is 1.83. The molecule has 0 aromatic carbocycles. The summed E-state index contributed by atoms with van der Waals surface area (Å²) in [6.45, 7) is 1.42. The molecule has 1 amide bonds. The zero-order valence-electron chi connectivity index (χ0n) is 8.14. The van der Waals surface area contributed by atoms with Crippen LogP contribution in [-0.4, -0.2) is 37.0 Å². The number of hydrogen-bond donors (Lipinski definition) is 2. The first-order chi connectivity index (χ1) is 6.33. The van der Waals surface area contributed by atoms with Gasteiger partial charge in [0, 0.05) is 6.04 Å². The Morgan fingerprint density at radius 3 is 2.92 bits per heavy atom. The minimum absolute atomic E-state index is 0.145. The van der Waals surface area contributed by atoms with E-state index in [1.807, 2.05) is 11.8 Å². The Bertz CT molecular complexity index is 160. The van der Waals surface area contributed by atoms with Gasteiger partial charge in [0.1, 0.15) is 0 Å². The van der Waals surface area contributed by atoms with Crippen molar-refractivity contribution in [1.82, 2.24) is 10.6 Å². The molecule has 76 valence electrons. The second kappa shape index (κ2) is 6.27. The molecule has 1 fully saturated rings. The summed E-state index contributed by atoms with van der Waals surface area (Å²) < 4.78 is 0. The number of nitrogens with one attached hydrogen (secondary N) is 2. The first-order valence-electron chi connectivity index (χ1n) is 4.82. The van der Waals surface area contributed by atoms with Crippen LogP contribution in [-0.2, 0) is 4.79 Å². The zero-order valence-corrected chi connectivity index (χ0v) is 8.95. The summed E-state index contributed by atoms with van der Waals surface area (Å²) in [4.78, 5) is 11.1. The number of hydrogen-bond acceptors (Lipinski definition) is 3. The standard InChI is InChI=1S/C9H18N2OS/c1-13-6-2-5-10-7-9(12)11-8-3-4-8/h8,10H,2-7H2,1H3,(H,11,12). The molecule has 0 saturated heterocycles. The molecular formula is C9H18N2OS. The SMILES string of the molecule is CSCCCNCC(=O)NC1CC1. The summed E-state index contributed by atoms with van der Waals surface area (Å²) in [6, 6.07) is 0.487. The molecule has 1 rings (SSSR count). The van der Waals surface area contributed by atoms with Crippen LogP contribution in [0.3, 0.4) is 0 Å². The molecular weight excluding hydrogens is 184 g/mol. The van der Waals surface area contributed by atoms with Gasteiger partial charge < -0.3 is 10.6 Å². The van der Waals surface area contributed by atoms with E-state index in [0.717, 1.165) is 31.6 Å². The second-order valence-electron chi connectivity index (χ2n) is 3.36. The molecule has 0 unspecified atom stereocenters. The van der Waals surface area contributed by atoms with E-state index in [9.17, 15) is 4.79 Å². The van der Waals surface area contributed by atoms with Crippen LogP contribution >= 0.6 is 11.8 Å². The van der Waals surface area contributed by atoms with Crippen LogP contribution < -0.4 is 10.6 Å². The summed E-state index contributed by atoms with van der Waals surface area (Å²) >= 11 is 1.84. The molecule has 1 saturated carbocycles. The molecule has 3 nitrogen and oxygen atoms in total. The Morgan fingerprint density at radius 2 is 2.31 bits per heavy atom. The average molecular weight is 202 g/mol. The number of thioether (sulfide) groups is 1. The molecule has 1 aliphatic carbocycles. The van der Waals surface area contributed by atoms with Gasteiger partial charge in [-0.1, -0.05) is 0 Å². The lowest BCUT2D eigenvalue weighted by atomic mass is 10.4. The van der Waals surface area contributed by atoms with Gasteiger partial charge in [-0.15, -0.1) is 0 Å². The molecule has 0 heterocycles. The highest BCUT2D eigenvalue weighted by Crippen LogP contribution is 2.18. The van der Waals surface area contributed by atoms with E-state index >= 15 is 0 Å². The van der Waals surface area contributed by atoms with E-state index in [1.54, 1.807) is 0 Å². The van der Waals surface area contributed by atoms with Gasteiger partial charge in [-0.2, -0.15) is 11.8 Å². The van der Waals surface area contributed by atoms with Crippen LogP contribution in [0, 0.1) is 0 Å². The van der Waals surface area contributed by atoms with Crippen LogP contribution in [0.4, 0.5) is 0 Å². The predicted molar refractivity (Wildman–Crippen MR) is 57.0 cm³/mol. The Labute approximate surface area is 84.0 Å². The lowest BCUT2D eigenvalue weighted by molar-refractivity contribution is -0.120. The van der Waals surface area contributed by atoms with E-state index < -0.39 is 0 Å². The van der Waals surface area contributed by atoms with Crippen molar-refractivity contribution in [3.05, 3.63) is 0 Å². The van der Waals surface area contributed by atoms with Crippen molar-refractivity contribution in [3.63, 3.8) is 0 Å². The van der Waals surface area contributed by atoms with E-state index in [0.29, 0.717) is 12.6 Å². The lowest BCUT2D eigenvalue weighted by Crippen LogP contribution is -2.35. The van der Waals surface area contributed by atoms with Crippen LogP contribution in [0.1, 0.15) is 19.3 Å². The van der Waals surface area contributed by atoms with Gasteiger partial charge in [0.25, 0.3) is 0 Å². The summed E-state index contributed by atoms with van der Waals surface area (Å²) in [5.74, 6) is 1.31. The van der Waals surface area contributed by atoms with E-state index in [-0.39, 0.29) is 5.91 Å². The zero-order chi connectivity index (χ0) is 9.52. The van der Waals surface area contributed by atoms with E-state index in [2.05, 4.69) is 16.9 Å². The van der Waals surface area contributed by atoms with Crippen molar-refractivity contribution in [2.24, 2.45) is 0 Å². The van der Waals surface area contributed by atoms with Gasteiger partial charge in [0.05, 0.1) is 6.54 Å². The van der Waals surface area contributed by atoms with Crippen molar-refractivity contribution in [3.8, 4) is 0 Å². The van der Waals surface area contributed by atoms with Crippen molar-refractivity contribution in [2.75, 3.05) is 25.1 Å². The second-order valence-corrected chi connectivity index (χ2v) is 4.35. The normalized spacial score (nSPS) is 15.8. The maximum absolute atomic E-state index is 11.1. The van der Waals surface area contributed by atoms with Crippen molar-refractivity contribution >= 4 is 17.7 Å². The Kier molecular flexibility index (Phi) is 5.23. The molecule has 1 aliphatic rings. The number of carbonyl (C=O) groups is 1. The minimum Gasteiger partial charge on any atom is -0.352 e. The van der Waals surface area contributed by atoms with Crippen LogP contribution in [0.5, 0.6) is 0 Å². The highest BCUT2D eigenvalue weighted by atomic mass is 32.2. The molecule has 0 aromatic rings. The van der Waals surface area contributed by atoms with Gasteiger partial charge in [-0.3, -0.25) is 4.79 Å². The summed E-state index contributed by atoms with van der Waals surface area (Å²) in [5.41, 5.74) is 0. The molecule has 4 heteroatoms. The van der Waals surface area contributed by atoms with Crippen molar-refractivity contribution < 1.29 is 4.79 Å². The lowest BCUT2D eigenvalue weighted by Gasteiger charge is -2.04.